The molecular formula is C12H15ClF3NO3S. The number of aliphatic hydroxyl groups excluding tert-OH is 1. The van der Waals surface area contributed by atoms with Gasteiger partial charge in [0.15, 0.2) is 0 Å². The van der Waals surface area contributed by atoms with Crippen LogP contribution in [0.2, 0.25) is 5.02 Å². The van der Waals surface area contributed by atoms with Crippen LogP contribution in [0.3, 0.4) is 0 Å². The Morgan fingerprint density at radius 3 is 2.43 bits per heavy atom. The van der Waals surface area contributed by atoms with Crippen molar-refractivity contribution in [2.24, 2.45) is 0 Å². The first kappa shape index (κ1) is 18.2. The lowest BCUT2D eigenvalue weighted by Gasteiger charge is -2.09. The van der Waals surface area contributed by atoms with Crippen LogP contribution in [0.15, 0.2) is 23.1 Å². The van der Waals surface area contributed by atoms with Crippen LogP contribution in [0.1, 0.15) is 24.8 Å². The van der Waals surface area contributed by atoms with E-state index in [4.69, 9.17) is 16.7 Å². The highest BCUT2D eigenvalue weighted by atomic mass is 35.5. The van der Waals surface area contributed by atoms with E-state index in [9.17, 15) is 21.6 Å². The van der Waals surface area contributed by atoms with Crippen LogP contribution in [-0.2, 0) is 16.6 Å². The van der Waals surface area contributed by atoms with Crippen molar-refractivity contribution in [1.82, 2.24) is 4.72 Å². The highest BCUT2D eigenvalue weighted by molar-refractivity contribution is 7.89. The van der Waals surface area contributed by atoms with E-state index in [0.29, 0.717) is 5.56 Å². The summed E-state index contributed by atoms with van der Waals surface area (Å²) in [6, 6.07) is 3.83. The van der Waals surface area contributed by atoms with E-state index < -0.39 is 22.6 Å². The summed E-state index contributed by atoms with van der Waals surface area (Å²) in [4.78, 5) is -0.0967. The number of hydrogen-bond donors (Lipinski definition) is 2. The molecule has 0 fully saturated rings. The molecule has 1 aromatic carbocycles. The zero-order valence-electron chi connectivity index (χ0n) is 11.0. The van der Waals surface area contributed by atoms with Crippen molar-refractivity contribution in [3.05, 3.63) is 28.8 Å². The molecule has 0 aliphatic rings. The maximum atomic E-state index is 11.9. The van der Waals surface area contributed by atoms with Crippen LogP contribution in [0.5, 0.6) is 0 Å². The van der Waals surface area contributed by atoms with E-state index in [1.165, 1.54) is 18.2 Å². The summed E-state index contributed by atoms with van der Waals surface area (Å²) in [5.74, 6) is 0. The molecular weight excluding hydrogens is 331 g/mol. The number of unbranched alkanes of at least 4 members (excludes halogenated alkanes) is 1. The Labute approximate surface area is 126 Å². The molecule has 0 bridgehead atoms. The normalized spacial score (nSPS) is 12.6. The van der Waals surface area contributed by atoms with Gasteiger partial charge < -0.3 is 5.11 Å². The van der Waals surface area contributed by atoms with Crippen LogP contribution >= 0.6 is 11.6 Å². The second-order valence-corrected chi connectivity index (χ2v) is 6.56. The molecule has 0 aliphatic carbocycles. The Balaban J connectivity index is 2.56. The van der Waals surface area contributed by atoms with Gasteiger partial charge in [-0.25, -0.2) is 13.1 Å². The molecule has 0 saturated carbocycles. The summed E-state index contributed by atoms with van der Waals surface area (Å²) in [7, 11) is -3.82. The lowest BCUT2D eigenvalue weighted by molar-refractivity contribution is -0.135. The van der Waals surface area contributed by atoms with Gasteiger partial charge in [0.2, 0.25) is 10.0 Å². The van der Waals surface area contributed by atoms with Crippen LogP contribution in [0, 0.1) is 0 Å². The topological polar surface area (TPSA) is 66.4 Å². The Bertz CT molecular complexity index is 576. The zero-order valence-corrected chi connectivity index (χ0v) is 12.5. The van der Waals surface area contributed by atoms with Crippen molar-refractivity contribution in [3.63, 3.8) is 0 Å². The third kappa shape index (κ3) is 6.21. The molecule has 4 nitrogen and oxygen atoms in total. The van der Waals surface area contributed by atoms with Crippen molar-refractivity contribution in [2.75, 3.05) is 6.54 Å². The molecule has 1 aromatic rings. The molecule has 0 aliphatic heterocycles. The van der Waals surface area contributed by atoms with Crippen molar-refractivity contribution in [3.8, 4) is 0 Å². The highest BCUT2D eigenvalue weighted by Crippen LogP contribution is 2.22. The number of aliphatic hydroxyl groups is 1. The van der Waals surface area contributed by atoms with Crippen molar-refractivity contribution in [1.29, 1.82) is 0 Å². The summed E-state index contributed by atoms with van der Waals surface area (Å²) in [6.07, 6.45) is -5.23. The van der Waals surface area contributed by atoms with Crippen molar-refractivity contribution in [2.45, 2.75) is 36.9 Å². The number of benzene rings is 1. The molecule has 120 valence electrons. The van der Waals surface area contributed by atoms with Gasteiger partial charge in [-0.1, -0.05) is 17.7 Å². The number of hydrogen-bond acceptors (Lipinski definition) is 3. The van der Waals surface area contributed by atoms with Gasteiger partial charge in [0.25, 0.3) is 0 Å². The second kappa shape index (κ2) is 7.44. The third-order valence-electron chi connectivity index (χ3n) is 2.68. The minimum absolute atomic E-state index is 0.0845. The minimum Gasteiger partial charge on any atom is -0.392 e. The summed E-state index contributed by atoms with van der Waals surface area (Å²) >= 11 is 5.79. The smallest absolute Gasteiger partial charge is 0.389 e. The summed E-state index contributed by atoms with van der Waals surface area (Å²) in [5.41, 5.74) is 0.390. The van der Waals surface area contributed by atoms with Gasteiger partial charge in [0.1, 0.15) is 0 Å². The Morgan fingerprint density at radius 2 is 1.90 bits per heavy atom. The van der Waals surface area contributed by atoms with Crippen LogP contribution < -0.4 is 4.72 Å². The number of sulfonamides is 1. The van der Waals surface area contributed by atoms with E-state index in [2.05, 4.69) is 4.72 Å². The van der Waals surface area contributed by atoms with E-state index in [1.807, 2.05) is 0 Å². The third-order valence-corrected chi connectivity index (χ3v) is 4.49. The van der Waals surface area contributed by atoms with E-state index >= 15 is 0 Å². The lowest BCUT2D eigenvalue weighted by atomic mass is 10.2. The Hall–Kier alpha value is -0.830. The molecule has 0 atom stereocenters. The first-order valence-electron chi connectivity index (χ1n) is 6.11. The fourth-order valence-corrected chi connectivity index (χ4v) is 2.97. The van der Waals surface area contributed by atoms with Crippen LogP contribution in [0.4, 0.5) is 13.2 Å². The molecule has 0 radical (unpaired) electrons. The second-order valence-electron chi connectivity index (χ2n) is 4.38. The van der Waals surface area contributed by atoms with Gasteiger partial charge in [-0.2, -0.15) is 13.2 Å². The molecule has 0 unspecified atom stereocenters. The summed E-state index contributed by atoms with van der Waals surface area (Å²) in [5, 5.41) is 9.05. The SMILES string of the molecule is O=S(=O)(NCCCCC(F)(F)F)c1ccc(CO)c(Cl)c1. The maximum absolute atomic E-state index is 11.9. The number of halogens is 4. The predicted molar refractivity (Wildman–Crippen MR) is 72.5 cm³/mol. The van der Waals surface area contributed by atoms with Crippen LogP contribution in [-0.4, -0.2) is 26.2 Å². The fraction of sp³-hybridized carbons (Fsp3) is 0.500. The Kier molecular flexibility index (Phi) is 6.45. The lowest BCUT2D eigenvalue weighted by Crippen LogP contribution is -2.25. The molecule has 0 saturated heterocycles. The minimum atomic E-state index is -4.23. The molecule has 0 amide bonds. The maximum Gasteiger partial charge on any atom is 0.389 e. The number of alkyl halides is 3. The molecule has 9 heteroatoms. The Morgan fingerprint density at radius 1 is 1.24 bits per heavy atom. The van der Waals surface area contributed by atoms with E-state index in [-0.39, 0.29) is 35.9 Å². The number of nitrogens with one attached hydrogen (secondary N) is 1. The predicted octanol–water partition coefficient (Wildman–Crippen LogP) is 2.84. The molecule has 0 aromatic heterocycles. The quantitative estimate of drug-likeness (QED) is 0.747. The first-order valence-corrected chi connectivity index (χ1v) is 7.97. The largest absolute Gasteiger partial charge is 0.392 e. The summed E-state index contributed by atoms with van der Waals surface area (Å²) in [6.45, 7) is -0.401. The average Bonchev–Trinajstić information content (AvgIpc) is 2.36. The molecule has 21 heavy (non-hydrogen) atoms. The van der Waals surface area contributed by atoms with E-state index in [0.717, 1.165) is 0 Å². The van der Waals surface area contributed by atoms with Crippen molar-refractivity contribution >= 4 is 21.6 Å². The van der Waals surface area contributed by atoms with Gasteiger partial charge in [-0.3, -0.25) is 0 Å². The average molecular weight is 346 g/mol. The standard InChI is InChI=1S/C12H15ClF3NO3S/c13-11-7-10(4-3-9(11)8-18)21(19,20)17-6-2-1-5-12(14,15)16/h3-4,7,17-18H,1-2,5-6,8H2. The molecule has 1 rings (SSSR count). The van der Waals surface area contributed by atoms with E-state index in [1.54, 1.807) is 0 Å². The monoisotopic (exact) mass is 345 g/mol. The molecule has 2 N–H and O–H groups in total. The first-order chi connectivity index (χ1) is 9.65. The molecule has 0 heterocycles. The van der Waals surface area contributed by atoms with Crippen molar-refractivity contribution < 1.29 is 26.7 Å². The van der Waals surface area contributed by atoms with Crippen LogP contribution in [0.25, 0.3) is 0 Å². The van der Waals surface area contributed by atoms with Gasteiger partial charge in [0.05, 0.1) is 11.5 Å². The number of rotatable bonds is 7. The van der Waals surface area contributed by atoms with Gasteiger partial charge >= 0.3 is 6.18 Å². The zero-order chi connectivity index (χ0) is 16.1. The van der Waals surface area contributed by atoms with Gasteiger partial charge in [0, 0.05) is 18.0 Å². The van der Waals surface area contributed by atoms with Gasteiger partial charge in [-0.15, -0.1) is 0 Å². The molecule has 0 spiro atoms. The fourth-order valence-electron chi connectivity index (χ4n) is 1.56. The van der Waals surface area contributed by atoms with Gasteiger partial charge in [-0.05, 0) is 30.5 Å². The highest BCUT2D eigenvalue weighted by Gasteiger charge is 2.26. The summed E-state index contributed by atoms with van der Waals surface area (Å²) < 4.78 is 61.8.